The predicted molar refractivity (Wildman–Crippen MR) is 69.3 cm³/mol. The fourth-order valence-corrected chi connectivity index (χ4v) is 2.61. The summed E-state index contributed by atoms with van der Waals surface area (Å²) in [6.45, 7) is 0.601. The van der Waals surface area contributed by atoms with Gasteiger partial charge in [0.25, 0.3) is 0 Å². The molecule has 1 aliphatic heterocycles. The van der Waals surface area contributed by atoms with Gasteiger partial charge in [0.05, 0.1) is 6.10 Å². The van der Waals surface area contributed by atoms with E-state index in [1.165, 1.54) is 0 Å². The van der Waals surface area contributed by atoms with Crippen LogP contribution in [0.1, 0.15) is 31.2 Å². The smallest absolute Gasteiger partial charge is 0.231 e. The summed E-state index contributed by atoms with van der Waals surface area (Å²) < 4.78 is 16.6. The number of nitrogens with two attached hydrogens (primary N) is 1. The second kappa shape index (κ2) is 5.27. The molecule has 19 heavy (non-hydrogen) atoms. The van der Waals surface area contributed by atoms with Crippen LogP contribution >= 0.6 is 0 Å². The number of fused-ring (bicyclic) bond motifs is 1. The number of aliphatic hydroxyl groups excluding tert-OH is 1. The van der Waals surface area contributed by atoms with Crippen LogP contribution < -0.4 is 19.9 Å². The molecule has 0 saturated heterocycles. The van der Waals surface area contributed by atoms with Crippen LogP contribution in [0.2, 0.25) is 0 Å². The van der Waals surface area contributed by atoms with E-state index >= 15 is 0 Å². The van der Waals surface area contributed by atoms with E-state index in [2.05, 4.69) is 0 Å². The van der Waals surface area contributed by atoms with Crippen molar-refractivity contribution in [3.63, 3.8) is 0 Å². The molecular formula is C14H19NO4. The van der Waals surface area contributed by atoms with Gasteiger partial charge >= 0.3 is 0 Å². The van der Waals surface area contributed by atoms with Crippen LogP contribution in [0, 0.1) is 0 Å². The molecule has 0 aromatic heterocycles. The largest absolute Gasteiger partial charge is 0.487 e. The molecule has 1 aliphatic carbocycles. The van der Waals surface area contributed by atoms with E-state index in [9.17, 15) is 5.11 Å². The van der Waals surface area contributed by atoms with Crippen LogP contribution in [0.5, 0.6) is 17.2 Å². The molecule has 0 spiro atoms. The first-order valence-electron chi connectivity index (χ1n) is 6.75. The van der Waals surface area contributed by atoms with Gasteiger partial charge in [-0.1, -0.05) is 6.42 Å². The van der Waals surface area contributed by atoms with Crippen LogP contribution in [0.4, 0.5) is 0 Å². The van der Waals surface area contributed by atoms with Crippen molar-refractivity contribution in [1.82, 2.24) is 0 Å². The molecule has 2 aliphatic rings. The summed E-state index contributed by atoms with van der Waals surface area (Å²) in [6, 6.07) is 3.67. The van der Waals surface area contributed by atoms with Gasteiger partial charge in [0, 0.05) is 18.2 Å². The fraction of sp³-hybridized carbons (Fsp3) is 0.571. The summed E-state index contributed by atoms with van der Waals surface area (Å²) in [5.74, 6) is 2.08. The first kappa shape index (κ1) is 12.6. The standard InChI is InChI=1S/C14H19NO4/c15-7-9-5-13-14(18-8-17-13)6-12(9)19-11-4-2-1-3-10(11)16/h5-6,10-11,16H,1-4,7-8,15H2. The molecule has 2 atom stereocenters. The molecule has 3 N–H and O–H groups in total. The zero-order chi connectivity index (χ0) is 13.2. The monoisotopic (exact) mass is 265 g/mol. The van der Waals surface area contributed by atoms with Gasteiger partial charge in [-0.05, 0) is 25.3 Å². The average Bonchev–Trinajstić information content (AvgIpc) is 2.87. The number of aliphatic hydroxyl groups is 1. The Balaban J connectivity index is 1.83. The van der Waals surface area contributed by atoms with E-state index in [1.807, 2.05) is 12.1 Å². The van der Waals surface area contributed by atoms with Gasteiger partial charge in [0.15, 0.2) is 11.5 Å². The predicted octanol–water partition coefficient (Wildman–Crippen LogP) is 1.56. The lowest BCUT2D eigenvalue weighted by Gasteiger charge is -2.29. The SMILES string of the molecule is NCc1cc2c(cc1OC1CCCCC1O)OCO2. The highest BCUT2D eigenvalue weighted by molar-refractivity contribution is 5.51. The highest BCUT2D eigenvalue weighted by atomic mass is 16.7. The van der Waals surface area contributed by atoms with Gasteiger partial charge in [-0.15, -0.1) is 0 Å². The fourth-order valence-electron chi connectivity index (χ4n) is 2.61. The molecule has 0 bridgehead atoms. The third kappa shape index (κ3) is 2.48. The van der Waals surface area contributed by atoms with Crippen LogP contribution in [0.3, 0.4) is 0 Å². The highest BCUT2D eigenvalue weighted by Gasteiger charge is 2.26. The highest BCUT2D eigenvalue weighted by Crippen LogP contribution is 2.39. The molecule has 0 amide bonds. The van der Waals surface area contributed by atoms with E-state index in [1.54, 1.807) is 0 Å². The van der Waals surface area contributed by atoms with Crippen LogP contribution in [0.15, 0.2) is 12.1 Å². The van der Waals surface area contributed by atoms with Gasteiger partial charge in [0.1, 0.15) is 11.9 Å². The van der Waals surface area contributed by atoms with Crippen molar-refractivity contribution in [3.8, 4) is 17.2 Å². The van der Waals surface area contributed by atoms with Crippen molar-refractivity contribution in [2.24, 2.45) is 5.73 Å². The van der Waals surface area contributed by atoms with Gasteiger partial charge in [-0.2, -0.15) is 0 Å². The number of rotatable bonds is 3. The van der Waals surface area contributed by atoms with E-state index in [0.717, 1.165) is 31.2 Å². The first-order valence-corrected chi connectivity index (χ1v) is 6.75. The number of benzene rings is 1. The normalized spacial score (nSPS) is 25.4. The minimum Gasteiger partial charge on any atom is -0.487 e. The van der Waals surface area contributed by atoms with Crippen molar-refractivity contribution >= 4 is 0 Å². The Bertz CT molecular complexity index is 463. The maximum absolute atomic E-state index is 9.98. The van der Waals surface area contributed by atoms with Crippen LogP contribution in [-0.2, 0) is 6.54 Å². The van der Waals surface area contributed by atoms with Crippen LogP contribution in [0.25, 0.3) is 0 Å². The van der Waals surface area contributed by atoms with Crippen molar-refractivity contribution in [3.05, 3.63) is 17.7 Å². The quantitative estimate of drug-likeness (QED) is 0.867. The Morgan fingerprint density at radius 3 is 2.68 bits per heavy atom. The molecule has 1 fully saturated rings. The summed E-state index contributed by atoms with van der Waals surface area (Å²) in [6.07, 6.45) is 3.27. The molecular weight excluding hydrogens is 246 g/mol. The second-order valence-corrected chi connectivity index (χ2v) is 5.03. The third-order valence-corrected chi connectivity index (χ3v) is 3.72. The topological polar surface area (TPSA) is 73.9 Å². The van der Waals surface area contributed by atoms with Gasteiger partial charge < -0.3 is 25.1 Å². The average molecular weight is 265 g/mol. The van der Waals surface area contributed by atoms with Crippen molar-refractivity contribution < 1.29 is 19.3 Å². The Kier molecular flexibility index (Phi) is 3.48. The molecule has 3 rings (SSSR count). The Morgan fingerprint density at radius 2 is 1.95 bits per heavy atom. The summed E-state index contributed by atoms with van der Waals surface area (Å²) in [5.41, 5.74) is 6.62. The third-order valence-electron chi connectivity index (χ3n) is 3.72. The lowest BCUT2D eigenvalue weighted by molar-refractivity contribution is 0.00633. The lowest BCUT2D eigenvalue weighted by atomic mass is 9.95. The zero-order valence-electron chi connectivity index (χ0n) is 10.8. The molecule has 1 aromatic rings. The van der Waals surface area contributed by atoms with Gasteiger partial charge in [-0.3, -0.25) is 0 Å². The molecule has 1 aromatic carbocycles. The molecule has 5 heteroatoms. The maximum atomic E-state index is 9.98. The maximum Gasteiger partial charge on any atom is 0.231 e. The van der Waals surface area contributed by atoms with Crippen LogP contribution in [-0.4, -0.2) is 24.1 Å². The van der Waals surface area contributed by atoms with E-state index in [4.69, 9.17) is 19.9 Å². The molecule has 104 valence electrons. The molecule has 0 radical (unpaired) electrons. The summed E-state index contributed by atoms with van der Waals surface area (Å²) >= 11 is 0. The van der Waals surface area contributed by atoms with E-state index < -0.39 is 6.10 Å². The number of ether oxygens (including phenoxy) is 3. The van der Waals surface area contributed by atoms with Gasteiger partial charge in [0.2, 0.25) is 6.79 Å². The summed E-state index contributed by atoms with van der Waals surface area (Å²) in [4.78, 5) is 0. The molecule has 1 heterocycles. The zero-order valence-corrected chi connectivity index (χ0v) is 10.8. The minimum atomic E-state index is -0.398. The van der Waals surface area contributed by atoms with E-state index in [0.29, 0.717) is 23.8 Å². The van der Waals surface area contributed by atoms with E-state index in [-0.39, 0.29) is 12.9 Å². The van der Waals surface area contributed by atoms with Crippen molar-refractivity contribution in [1.29, 1.82) is 0 Å². The Hall–Kier alpha value is -1.46. The number of hydrogen-bond acceptors (Lipinski definition) is 5. The van der Waals surface area contributed by atoms with Crippen molar-refractivity contribution in [2.75, 3.05) is 6.79 Å². The van der Waals surface area contributed by atoms with Gasteiger partial charge in [-0.25, -0.2) is 0 Å². The molecule has 1 saturated carbocycles. The lowest BCUT2D eigenvalue weighted by Crippen LogP contribution is -2.34. The number of hydrogen-bond donors (Lipinski definition) is 2. The molecule has 2 unspecified atom stereocenters. The minimum absolute atomic E-state index is 0.153. The first-order chi connectivity index (χ1) is 9.28. The summed E-state index contributed by atoms with van der Waals surface area (Å²) in [7, 11) is 0. The molecule has 5 nitrogen and oxygen atoms in total. The van der Waals surface area contributed by atoms with Crippen molar-refractivity contribution in [2.45, 2.75) is 44.4 Å². The second-order valence-electron chi connectivity index (χ2n) is 5.03. The Morgan fingerprint density at radius 1 is 1.21 bits per heavy atom. The Labute approximate surface area is 112 Å². The summed E-state index contributed by atoms with van der Waals surface area (Å²) in [5, 5.41) is 9.98.